The molecule has 2 aliphatic rings. The van der Waals surface area contributed by atoms with Crippen molar-refractivity contribution in [1.29, 1.82) is 0 Å². The van der Waals surface area contributed by atoms with Crippen LogP contribution in [-0.2, 0) is 17.8 Å². The number of rotatable bonds is 8. The van der Waals surface area contributed by atoms with E-state index in [4.69, 9.17) is 10.5 Å². The highest BCUT2D eigenvalue weighted by molar-refractivity contribution is 6.00. The van der Waals surface area contributed by atoms with Crippen LogP contribution in [0.1, 0.15) is 87.7 Å². The number of methoxy groups -OCH3 is 1. The Morgan fingerprint density at radius 3 is 2.31 bits per heavy atom. The Morgan fingerprint density at radius 1 is 1.05 bits per heavy atom. The van der Waals surface area contributed by atoms with E-state index in [0.717, 1.165) is 53.5 Å². The molecular formula is C35H48N4O3. The van der Waals surface area contributed by atoms with Gasteiger partial charge in [0, 0.05) is 53.7 Å². The maximum Gasteiger partial charge on any atom is 0.248 e. The number of primary amides is 1. The minimum absolute atomic E-state index is 0.184. The predicted molar refractivity (Wildman–Crippen MR) is 170 cm³/mol. The topological polar surface area (TPSA) is 80.8 Å². The van der Waals surface area contributed by atoms with Crippen LogP contribution < -0.4 is 10.5 Å². The van der Waals surface area contributed by atoms with Gasteiger partial charge in [-0.25, -0.2) is 0 Å². The lowest BCUT2D eigenvalue weighted by Gasteiger charge is -2.45. The molecule has 0 radical (unpaired) electrons. The lowest BCUT2D eigenvalue weighted by molar-refractivity contribution is -0.146. The molecule has 5 rings (SSSR count). The lowest BCUT2D eigenvalue weighted by atomic mass is 9.80. The molecule has 1 fully saturated rings. The Morgan fingerprint density at radius 2 is 1.71 bits per heavy atom. The molecule has 0 spiro atoms. The number of aromatic nitrogens is 1. The molecule has 3 aromatic rings. The van der Waals surface area contributed by atoms with E-state index in [2.05, 4.69) is 74.2 Å². The van der Waals surface area contributed by atoms with E-state index in [0.29, 0.717) is 37.5 Å². The van der Waals surface area contributed by atoms with Crippen LogP contribution in [0.5, 0.6) is 5.75 Å². The van der Waals surface area contributed by atoms with Gasteiger partial charge in [0.1, 0.15) is 5.75 Å². The highest BCUT2D eigenvalue weighted by Gasteiger charge is 2.44. The highest BCUT2D eigenvalue weighted by Crippen LogP contribution is 2.48. The summed E-state index contributed by atoms with van der Waals surface area (Å²) in [5, 5.41) is 1.15. The molecule has 1 unspecified atom stereocenters. The van der Waals surface area contributed by atoms with Crippen LogP contribution in [0.3, 0.4) is 0 Å². The number of carbonyl (C=O) groups excluding carboxylic acids is 2. The molecule has 0 aliphatic carbocycles. The van der Waals surface area contributed by atoms with Crippen molar-refractivity contribution in [2.45, 2.75) is 91.3 Å². The maximum absolute atomic E-state index is 14.6. The van der Waals surface area contributed by atoms with Crippen molar-refractivity contribution < 1.29 is 14.3 Å². The van der Waals surface area contributed by atoms with Gasteiger partial charge in [0.2, 0.25) is 11.8 Å². The van der Waals surface area contributed by atoms with Crippen LogP contribution >= 0.6 is 0 Å². The molecule has 3 atom stereocenters. The minimum atomic E-state index is -0.696. The first-order valence-electron chi connectivity index (χ1n) is 15.7. The second-order valence-electron chi connectivity index (χ2n) is 13.1. The molecule has 7 heteroatoms. The number of likely N-dealkylation sites (N-methyl/N-ethyl adjacent to an activating group) is 1. The molecule has 2 aromatic carbocycles. The molecule has 2 amide bonds. The number of piperazine rings is 1. The van der Waals surface area contributed by atoms with Crippen molar-refractivity contribution in [3.05, 3.63) is 53.1 Å². The van der Waals surface area contributed by atoms with E-state index in [1.807, 2.05) is 18.2 Å². The van der Waals surface area contributed by atoms with Crippen LogP contribution in [0.2, 0.25) is 0 Å². The van der Waals surface area contributed by atoms with E-state index in [-0.39, 0.29) is 18.0 Å². The van der Waals surface area contributed by atoms with E-state index >= 15 is 0 Å². The summed E-state index contributed by atoms with van der Waals surface area (Å²) >= 11 is 0. The van der Waals surface area contributed by atoms with E-state index in [1.54, 1.807) is 7.11 Å². The average Bonchev–Trinajstić information content (AvgIpc) is 3.19. The molecule has 2 N–H and O–H groups in total. The molecule has 42 heavy (non-hydrogen) atoms. The van der Waals surface area contributed by atoms with Crippen molar-refractivity contribution in [1.82, 2.24) is 14.4 Å². The van der Waals surface area contributed by atoms with Gasteiger partial charge >= 0.3 is 0 Å². The van der Waals surface area contributed by atoms with Gasteiger partial charge in [-0.15, -0.1) is 0 Å². The van der Waals surface area contributed by atoms with Crippen LogP contribution in [0.15, 0.2) is 36.4 Å². The predicted octanol–water partition coefficient (Wildman–Crippen LogP) is 6.21. The molecule has 3 heterocycles. The van der Waals surface area contributed by atoms with E-state index in [9.17, 15) is 9.59 Å². The standard InChI is InChI=1S/C35H48N4O3/c1-8-10-24(11-9-2)31-29-14-12-25(33(36)40)17-30(29)39-21-35(5,34(41)38-19-22(3)37(6)23(4)20-38)18-26-16-27(42-7)13-15-28(26)32(31)39/h12-17,22-24H,8-11,18-21H2,1-7H3,(H2,36,40)/t22-,23+,35?. The van der Waals surface area contributed by atoms with Crippen molar-refractivity contribution in [3.8, 4) is 17.0 Å². The number of carbonyl (C=O) groups is 2. The summed E-state index contributed by atoms with van der Waals surface area (Å²) < 4.78 is 8.03. The monoisotopic (exact) mass is 572 g/mol. The van der Waals surface area contributed by atoms with Crippen molar-refractivity contribution in [2.24, 2.45) is 11.1 Å². The lowest BCUT2D eigenvalue weighted by Crippen LogP contribution is -2.59. The Bertz CT molecular complexity index is 1480. The summed E-state index contributed by atoms with van der Waals surface area (Å²) in [5.74, 6) is 0.911. The Labute approximate surface area is 251 Å². The second kappa shape index (κ2) is 11.8. The van der Waals surface area contributed by atoms with Gasteiger partial charge in [-0.2, -0.15) is 0 Å². The van der Waals surface area contributed by atoms with Gasteiger partial charge in [-0.3, -0.25) is 14.5 Å². The average molecular weight is 573 g/mol. The van der Waals surface area contributed by atoms with Crippen molar-refractivity contribution in [2.75, 3.05) is 27.2 Å². The van der Waals surface area contributed by atoms with Crippen LogP contribution in [0.25, 0.3) is 22.2 Å². The smallest absolute Gasteiger partial charge is 0.248 e. The number of hydrogen-bond donors (Lipinski definition) is 1. The fourth-order valence-corrected chi connectivity index (χ4v) is 7.52. The Balaban J connectivity index is 1.78. The maximum atomic E-state index is 14.6. The summed E-state index contributed by atoms with van der Waals surface area (Å²) in [4.78, 5) is 31.4. The third-order valence-electron chi connectivity index (χ3n) is 9.89. The zero-order chi connectivity index (χ0) is 30.3. The molecule has 7 nitrogen and oxygen atoms in total. The van der Waals surface area contributed by atoms with Gasteiger partial charge in [-0.05, 0) is 94.5 Å². The van der Waals surface area contributed by atoms with E-state index in [1.165, 1.54) is 11.3 Å². The number of amides is 2. The van der Waals surface area contributed by atoms with Crippen LogP contribution in [0.4, 0.5) is 0 Å². The third-order valence-corrected chi connectivity index (χ3v) is 9.89. The van der Waals surface area contributed by atoms with E-state index < -0.39 is 11.3 Å². The van der Waals surface area contributed by atoms with Crippen molar-refractivity contribution >= 4 is 22.7 Å². The SMILES string of the molecule is CCCC(CCC)c1c2n(c3cc(C(N)=O)ccc13)CC(C)(C(=O)N1C[C@@H](C)N(C)[C@@H](C)C1)Cc1cc(OC)ccc1-2. The number of ether oxygens (including phenoxy) is 1. The molecule has 226 valence electrons. The number of benzene rings is 2. The molecular weight excluding hydrogens is 524 g/mol. The summed E-state index contributed by atoms with van der Waals surface area (Å²) in [6.45, 7) is 13.0. The third kappa shape index (κ3) is 5.21. The summed E-state index contributed by atoms with van der Waals surface area (Å²) in [7, 11) is 3.84. The fourth-order valence-electron chi connectivity index (χ4n) is 7.52. The first-order chi connectivity index (χ1) is 20.0. The van der Waals surface area contributed by atoms with Gasteiger partial charge in [-0.1, -0.05) is 32.8 Å². The minimum Gasteiger partial charge on any atom is -0.497 e. The van der Waals surface area contributed by atoms with Gasteiger partial charge in [0.05, 0.1) is 18.2 Å². The summed E-state index contributed by atoms with van der Waals surface area (Å²) in [6.07, 6.45) is 4.94. The largest absolute Gasteiger partial charge is 0.497 e. The fraction of sp³-hybridized carbons (Fsp3) is 0.543. The van der Waals surface area contributed by atoms with Crippen LogP contribution in [-0.4, -0.2) is 65.5 Å². The molecule has 0 bridgehead atoms. The highest BCUT2D eigenvalue weighted by atomic mass is 16.5. The second-order valence-corrected chi connectivity index (χ2v) is 13.1. The molecule has 0 saturated carbocycles. The quantitative estimate of drug-likeness (QED) is 0.348. The summed E-state index contributed by atoms with van der Waals surface area (Å²) in [6, 6.07) is 12.8. The first kappa shape index (κ1) is 30.1. The molecule has 1 aromatic heterocycles. The van der Waals surface area contributed by atoms with Gasteiger partial charge in [0.25, 0.3) is 0 Å². The number of hydrogen-bond acceptors (Lipinski definition) is 4. The van der Waals surface area contributed by atoms with Crippen molar-refractivity contribution in [3.63, 3.8) is 0 Å². The summed E-state index contributed by atoms with van der Waals surface area (Å²) in [5.41, 5.74) is 11.4. The van der Waals surface area contributed by atoms with Gasteiger partial charge < -0.3 is 19.9 Å². The zero-order valence-corrected chi connectivity index (χ0v) is 26.5. The Hall–Kier alpha value is -3.32. The molecule has 1 saturated heterocycles. The Kier molecular flexibility index (Phi) is 8.44. The molecule has 2 aliphatic heterocycles. The number of fused-ring (bicyclic) bond motifs is 5. The normalized spacial score (nSPS) is 22.6. The van der Waals surface area contributed by atoms with Crippen LogP contribution in [0, 0.1) is 5.41 Å². The first-order valence-corrected chi connectivity index (χ1v) is 15.7. The zero-order valence-electron chi connectivity index (χ0n) is 26.5. The van der Waals surface area contributed by atoms with Gasteiger partial charge in [0.15, 0.2) is 0 Å². The number of nitrogens with two attached hydrogens (primary N) is 1. The number of nitrogens with zero attached hydrogens (tertiary/aromatic N) is 3.